The van der Waals surface area contributed by atoms with E-state index in [-0.39, 0.29) is 11.3 Å². The fourth-order valence-corrected chi connectivity index (χ4v) is 2.67. The molecule has 2 nitrogen and oxygen atoms in total. The van der Waals surface area contributed by atoms with Crippen molar-refractivity contribution in [2.45, 2.75) is 57.7 Å². The van der Waals surface area contributed by atoms with Gasteiger partial charge in [0.15, 0.2) is 0 Å². The van der Waals surface area contributed by atoms with Crippen molar-refractivity contribution < 1.29 is 4.74 Å². The van der Waals surface area contributed by atoms with Gasteiger partial charge in [-0.2, -0.15) is 0 Å². The van der Waals surface area contributed by atoms with Gasteiger partial charge in [0.05, 0.1) is 6.61 Å². The minimum Gasteiger partial charge on any atom is -0.358 e. The highest BCUT2D eigenvalue weighted by Crippen LogP contribution is 2.39. The second-order valence-electron chi connectivity index (χ2n) is 5.33. The van der Waals surface area contributed by atoms with Crippen LogP contribution >= 0.6 is 0 Å². The topological polar surface area (TPSA) is 21.3 Å². The van der Waals surface area contributed by atoms with Gasteiger partial charge in [0, 0.05) is 5.54 Å². The third-order valence-electron chi connectivity index (χ3n) is 3.47. The lowest BCUT2D eigenvalue weighted by Gasteiger charge is -2.39. The Morgan fingerprint density at radius 1 is 1.31 bits per heavy atom. The molecule has 0 aromatic heterocycles. The predicted molar refractivity (Wildman–Crippen MR) is 53.5 cm³/mol. The van der Waals surface area contributed by atoms with Gasteiger partial charge in [-0.1, -0.05) is 13.3 Å². The van der Waals surface area contributed by atoms with E-state index < -0.39 is 0 Å². The molecule has 1 heterocycles. The van der Waals surface area contributed by atoms with Gasteiger partial charge in [-0.25, -0.2) is 0 Å². The lowest BCUT2D eigenvalue weighted by atomic mass is 9.82. The number of nitrogens with one attached hydrogen (secondary N) is 1. The number of hydrogen-bond acceptors (Lipinski definition) is 2. The molecule has 2 aliphatic rings. The molecule has 0 bridgehead atoms. The summed E-state index contributed by atoms with van der Waals surface area (Å²) >= 11 is 0. The van der Waals surface area contributed by atoms with Crippen molar-refractivity contribution in [1.82, 2.24) is 5.32 Å². The number of hydrogen-bond donors (Lipinski definition) is 1. The Morgan fingerprint density at radius 2 is 2.08 bits per heavy atom. The summed E-state index contributed by atoms with van der Waals surface area (Å²) in [5.74, 6) is 0.669. The van der Waals surface area contributed by atoms with Gasteiger partial charge in [0.1, 0.15) is 5.72 Å². The first-order valence-electron chi connectivity index (χ1n) is 5.47. The maximum atomic E-state index is 6.00. The van der Waals surface area contributed by atoms with E-state index in [1.807, 2.05) is 0 Å². The summed E-state index contributed by atoms with van der Waals surface area (Å²) in [7, 11) is 0. The quantitative estimate of drug-likeness (QED) is 0.622. The Morgan fingerprint density at radius 3 is 2.62 bits per heavy atom. The highest BCUT2D eigenvalue weighted by atomic mass is 16.5. The SMILES string of the molecule is C[C@H]1CCCC[C@@]12NC(C)(C)CO2. The first-order chi connectivity index (χ1) is 6.04. The second-order valence-corrected chi connectivity index (χ2v) is 5.33. The summed E-state index contributed by atoms with van der Waals surface area (Å²) in [5.41, 5.74) is 0.188. The van der Waals surface area contributed by atoms with E-state index in [0.29, 0.717) is 5.92 Å². The zero-order valence-electron chi connectivity index (χ0n) is 9.02. The Balaban J connectivity index is 2.12. The number of ether oxygens (including phenoxy) is 1. The Bertz CT molecular complexity index is 202. The largest absolute Gasteiger partial charge is 0.358 e. The number of rotatable bonds is 0. The van der Waals surface area contributed by atoms with Crippen LogP contribution in [0.2, 0.25) is 0 Å². The summed E-state index contributed by atoms with van der Waals surface area (Å²) in [6.07, 6.45) is 5.18. The molecule has 1 spiro atoms. The highest BCUT2D eigenvalue weighted by molar-refractivity contribution is 4.98. The molecule has 0 amide bonds. The second kappa shape index (κ2) is 2.96. The summed E-state index contributed by atoms with van der Waals surface area (Å²) in [6, 6.07) is 0. The lowest BCUT2D eigenvalue weighted by molar-refractivity contribution is -0.0765. The third kappa shape index (κ3) is 1.62. The average Bonchev–Trinajstić information content (AvgIpc) is 2.35. The van der Waals surface area contributed by atoms with Crippen LogP contribution < -0.4 is 5.32 Å². The van der Waals surface area contributed by atoms with Gasteiger partial charge in [-0.05, 0) is 39.0 Å². The van der Waals surface area contributed by atoms with Gasteiger partial charge in [-0.3, -0.25) is 5.32 Å². The molecule has 13 heavy (non-hydrogen) atoms. The van der Waals surface area contributed by atoms with Gasteiger partial charge < -0.3 is 4.74 Å². The minimum absolute atomic E-state index is 0.0156. The summed E-state index contributed by atoms with van der Waals surface area (Å²) in [4.78, 5) is 0. The molecule has 76 valence electrons. The van der Waals surface area contributed by atoms with Gasteiger partial charge in [0.25, 0.3) is 0 Å². The van der Waals surface area contributed by atoms with Crippen LogP contribution in [-0.2, 0) is 4.74 Å². The molecule has 2 atom stereocenters. The molecule has 2 rings (SSSR count). The summed E-state index contributed by atoms with van der Waals surface area (Å²) in [5, 5.41) is 3.67. The average molecular weight is 183 g/mol. The zero-order chi connectivity index (χ0) is 9.53. The van der Waals surface area contributed by atoms with Crippen LogP contribution in [0.25, 0.3) is 0 Å². The van der Waals surface area contributed by atoms with Crippen molar-refractivity contribution in [1.29, 1.82) is 0 Å². The van der Waals surface area contributed by atoms with Crippen molar-refractivity contribution in [3.05, 3.63) is 0 Å². The van der Waals surface area contributed by atoms with Crippen molar-refractivity contribution in [3.8, 4) is 0 Å². The van der Waals surface area contributed by atoms with Crippen molar-refractivity contribution in [2.24, 2.45) is 5.92 Å². The molecule has 1 saturated carbocycles. The van der Waals surface area contributed by atoms with Crippen LogP contribution in [-0.4, -0.2) is 17.9 Å². The van der Waals surface area contributed by atoms with Gasteiger partial charge >= 0.3 is 0 Å². The van der Waals surface area contributed by atoms with E-state index in [0.717, 1.165) is 6.61 Å². The molecule has 2 fully saturated rings. The van der Waals surface area contributed by atoms with E-state index in [2.05, 4.69) is 26.1 Å². The smallest absolute Gasteiger partial charge is 0.122 e. The molecule has 1 aliphatic carbocycles. The molecule has 1 aliphatic heterocycles. The van der Waals surface area contributed by atoms with Gasteiger partial charge in [-0.15, -0.1) is 0 Å². The molecule has 1 saturated heterocycles. The summed E-state index contributed by atoms with van der Waals surface area (Å²) < 4.78 is 6.00. The monoisotopic (exact) mass is 183 g/mol. The molecule has 0 radical (unpaired) electrons. The fourth-order valence-electron chi connectivity index (χ4n) is 2.67. The Kier molecular flexibility index (Phi) is 2.16. The first kappa shape index (κ1) is 9.47. The minimum atomic E-state index is 0.0156. The van der Waals surface area contributed by atoms with Crippen LogP contribution in [0.5, 0.6) is 0 Å². The maximum Gasteiger partial charge on any atom is 0.122 e. The van der Waals surface area contributed by atoms with E-state index >= 15 is 0 Å². The van der Waals surface area contributed by atoms with Crippen LogP contribution in [0, 0.1) is 5.92 Å². The molecular formula is C11H21NO. The lowest BCUT2D eigenvalue weighted by Crippen LogP contribution is -2.53. The van der Waals surface area contributed by atoms with Crippen molar-refractivity contribution in [3.63, 3.8) is 0 Å². The van der Waals surface area contributed by atoms with Crippen LogP contribution in [0.15, 0.2) is 0 Å². The first-order valence-corrected chi connectivity index (χ1v) is 5.47. The van der Waals surface area contributed by atoms with E-state index in [1.54, 1.807) is 0 Å². The van der Waals surface area contributed by atoms with E-state index in [9.17, 15) is 0 Å². The highest BCUT2D eigenvalue weighted by Gasteiger charge is 2.47. The molecule has 0 unspecified atom stereocenters. The van der Waals surface area contributed by atoms with E-state index in [1.165, 1.54) is 25.7 Å². The van der Waals surface area contributed by atoms with Gasteiger partial charge in [0.2, 0.25) is 0 Å². The van der Waals surface area contributed by atoms with Crippen molar-refractivity contribution in [2.75, 3.05) is 6.61 Å². The Hall–Kier alpha value is -0.0800. The zero-order valence-corrected chi connectivity index (χ0v) is 9.02. The molecule has 1 N–H and O–H groups in total. The third-order valence-corrected chi connectivity index (χ3v) is 3.47. The van der Waals surface area contributed by atoms with Crippen molar-refractivity contribution >= 4 is 0 Å². The van der Waals surface area contributed by atoms with Crippen LogP contribution in [0.3, 0.4) is 0 Å². The molecule has 0 aromatic carbocycles. The van der Waals surface area contributed by atoms with Crippen LogP contribution in [0.4, 0.5) is 0 Å². The fraction of sp³-hybridized carbons (Fsp3) is 1.00. The molecule has 0 aromatic rings. The maximum absolute atomic E-state index is 6.00. The van der Waals surface area contributed by atoms with E-state index in [4.69, 9.17) is 4.74 Å². The summed E-state index contributed by atoms with van der Waals surface area (Å²) in [6.45, 7) is 7.62. The molecular weight excluding hydrogens is 162 g/mol. The predicted octanol–water partition coefficient (Wildman–Crippen LogP) is 2.29. The molecule has 2 heteroatoms. The Labute approximate surface area is 81.0 Å². The van der Waals surface area contributed by atoms with Crippen LogP contribution in [0.1, 0.15) is 46.5 Å². The standard InChI is InChI=1S/C11H21NO/c1-9-6-4-5-7-11(9)12-10(2,3)8-13-11/h9,12H,4-8H2,1-3H3/t9-,11-/m0/s1. The normalized spacial score (nSPS) is 44.1.